The molecule has 1 aromatic carbocycles. The molecule has 1 aliphatic heterocycles. The predicted molar refractivity (Wildman–Crippen MR) is 66.1 cm³/mol. The zero-order chi connectivity index (χ0) is 12.1. The number of para-hydroxylation sites is 1. The van der Waals surface area contributed by atoms with E-state index in [2.05, 4.69) is 0 Å². The van der Waals surface area contributed by atoms with E-state index >= 15 is 0 Å². The molecule has 1 N–H and O–H groups in total. The van der Waals surface area contributed by atoms with E-state index in [9.17, 15) is 5.11 Å². The van der Waals surface area contributed by atoms with Gasteiger partial charge in [0, 0.05) is 18.1 Å². The lowest BCUT2D eigenvalue weighted by Crippen LogP contribution is -2.13. The summed E-state index contributed by atoms with van der Waals surface area (Å²) in [6.07, 6.45) is 1.33. The zero-order valence-corrected chi connectivity index (χ0v) is 10.3. The van der Waals surface area contributed by atoms with Gasteiger partial charge in [-0.25, -0.2) is 0 Å². The molecule has 94 valence electrons. The van der Waals surface area contributed by atoms with Crippen molar-refractivity contribution >= 4 is 0 Å². The molecular formula is C14H20O3. The van der Waals surface area contributed by atoms with Crippen molar-refractivity contribution in [3.05, 3.63) is 29.8 Å². The van der Waals surface area contributed by atoms with E-state index in [1.807, 2.05) is 31.2 Å². The second kappa shape index (κ2) is 6.03. The summed E-state index contributed by atoms with van der Waals surface area (Å²) < 4.78 is 11.1. The zero-order valence-electron chi connectivity index (χ0n) is 10.3. The second-order valence-corrected chi connectivity index (χ2v) is 4.50. The molecule has 2 atom stereocenters. The van der Waals surface area contributed by atoms with Crippen molar-refractivity contribution in [3.63, 3.8) is 0 Å². The molecular weight excluding hydrogens is 216 g/mol. The van der Waals surface area contributed by atoms with Gasteiger partial charge in [-0.2, -0.15) is 0 Å². The van der Waals surface area contributed by atoms with Crippen molar-refractivity contribution in [3.8, 4) is 5.75 Å². The van der Waals surface area contributed by atoms with Crippen LogP contribution in [0.2, 0.25) is 0 Å². The van der Waals surface area contributed by atoms with Gasteiger partial charge in [0.1, 0.15) is 5.75 Å². The van der Waals surface area contributed by atoms with E-state index in [1.54, 1.807) is 0 Å². The highest BCUT2D eigenvalue weighted by Crippen LogP contribution is 2.27. The van der Waals surface area contributed by atoms with Crippen LogP contribution >= 0.6 is 0 Å². The number of rotatable bonds is 5. The molecule has 0 aliphatic carbocycles. The van der Waals surface area contributed by atoms with Gasteiger partial charge in [-0.1, -0.05) is 25.1 Å². The Morgan fingerprint density at radius 2 is 2.29 bits per heavy atom. The van der Waals surface area contributed by atoms with Crippen molar-refractivity contribution in [1.29, 1.82) is 0 Å². The average molecular weight is 236 g/mol. The van der Waals surface area contributed by atoms with Crippen LogP contribution in [-0.2, 0) is 4.74 Å². The Morgan fingerprint density at radius 3 is 3.00 bits per heavy atom. The first kappa shape index (κ1) is 12.4. The summed E-state index contributed by atoms with van der Waals surface area (Å²) in [4.78, 5) is 0. The maximum absolute atomic E-state index is 9.90. The van der Waals surface area contributed by atoms with Crippen LogP contribution in [0.5, 0.6) is 5.75 Å². The number of hydrogen-bond donors (Lipinski definition) is 1. The smallest absolute Gasteiger partial charge is 0.125 e. The standard InChI is InChI=1S/C14H20O3/c1-2-13(15)12-5-3-4-6-14(12)17-10-11-7-8-16-9-11/h3-6,11,13,15H,2,7-10H2,1H3/t11?,13-/m1/s1. The summed E-state index contributed by atoms with van der Waals surface area (Å²) in [6.45, 7) is 4.27. The Hall–Kier alpha value is -1.06. The molecule has 0 radical (unpaired) electrons. The molecule has 1 aromatic rings. The van der Waals surface area contributed by atoms with Crippen LogP contribution in [0.1, 0.15) is 31.4 Å². The van der Waals surface area contributed by atoms with Crippen molar-refractivity contribution in [1.82, 2.24) is 0 Å². The van der Waals surface area contributed by atoms with Gasteiger partial charge in [-0.15, -0.1) is 0 Å². The topological polar surface area (TPSA) is 38.7 Å². The Kier molecular flexibility index (Phi) is 4.40. The molecule has 1 unspecified atom stereocenters. The summed E-state index contributed by atoms with van der Waals surface area (Å²) in [7, 11) is 0. The lowest BCUT2D eigenvalue weighted by atomic mass is 10.1. The lowest BCUT2D eigenvalue weighted by Gasteiger charge is -2.16. The third-order valence-corrected chi connectivity index (χ3v) is 3.16. The van der Waals surface area contributed by atoms with E-state index in [0.717, 1.165) is 30.9 Å². The third-order valence-electron chi connectivity index (χ3n) is 3.16. The minimum absolute atomic E-state index is 0.439. The van der Waals surface area contributed by atoms with Gasteiger partial charge >= 0.3 is 0 Å². The molecule has 0 spiro atoms. The van der Waals surface area contributed by atoms with Crippen LogP contribution in [0, 0.1) is 5.92 Å². The van der Waals surface area contributed by atoms with Gasteiger partial charge in [0.2, 0.25) is 0 Å². The SMILES string of the molecule is CC[C@@H](O)c1ccccc1OCC1CCOC1. The molecule has 1 saturated heterocycles. The normalized spacial score (nSPS) is 21.4. The molecule has 3 nitrogen and oxygen atoms in total. The highest BCUT2D eigenvalue weighted by molar-refractivity contribution is 5.35. The van der Waals surface area contributed by atoms with Gasteiger partial charge < -0.3 is 14.6 Å². The van der Waals surface area contributed by atoms with E-state index in [4.69, 9.17) is 9.47 Å². The lowest BCUT2D eigenvalue weighted by molar-refractivity contribution is 0.155. The summed E-state index contributed by atoms with van der Waals surface area (Å²) in [6, 6.07) is 7.71. The number of hydrogen-bond acceptors (Lipinski definition) is 3. The second-order valence-electron chi connectivity index (χ2n) is 4.50. The van der Waals surface area contributed by atoms with E-state index < -0.39 is 6.10 Å². The molecule has 0 saturated carbocycles. The third kappa shape index (κ3) is 3.20. The fraction of sp³-hybridized carbons (Fsp3) is 0.571. The number of aliphatic hydroxyl groups excluding tert-OH is 1. The minimum atomic E-state index is -0.439. The average Bonchev–Trinajstić information content (AvgIpc) is 2.89. The van der Waals surface area contributed by atoms with Gasteiger partial charge in [-0.05, 0) is 18.9 Å². The fourth-order valence-electron chi connectivity index (χ4n) is 2.03. The number of aliphatic hydroxyl groups is 1. The van der Waals surface area contributed by atoms with E-state index in [1.165, 1.54) is 0 Å². The Morgan fingerprint density at radius 1 is 1.47 bits per heavy atom. The first-order valence-corrected chi connectivity index (χ1v) is 6.28. The van der Waals surface area contributed by atoms with Crippen LogP contribution in [-0.4, -0.2) is 24.9 Å². The van der Waals surface area contributed by atoms with Gasteiger partial charge in [0.05, 0.1) is 19.3 Å². The maximum atomic E-state index is 9.90. The van der Waals surface area contributed by atoms with Crippen molar-refractivity contribution in [2.24, 2.45) is 5.92 Å². The van der Waals surface area contributed by atoms with Crippen molar-refractivity contribution < 1.29 is 14.6 Å². The van der Waals surface area contributed by atoms with Crippen LogP contribution in [0.3, 0.4) is 0 Å². The Labute approximate surface area is 102 Å². The highest BCUT2D eigenvalue weighted by Gasteiger charge is 2.17. The summed E-state index contributed by atoms with van der Waals surface area (Å²) in [5.74, 6) is 1.29. The first-order valence-electron chi connectivity index (χ1n) is 6.28. The molecule has 3 heteroatoms. The van der Waals surface area contributed by atoms with Crippen LogP contribution in [0.25, 0.3) is 0 Å². The van der Waals surface area contributed by atoms with Crippen LogP contribution < -0.4 is 4.74 Å². The van der Waals surface area contributed by atoms with Crippen LogP contribution in [0.15, 0.2) is 24.3 Å². The monoisotopic (exact) mass is 236 g/mol. The molecule has 0 aromatic heterocycles. The van der Waals surface area contributed by atoms with Crippen molar-refractivity contribution in [2.45, 2.75) is 25.9 Å². The minimum Gasteiger partial charge on any atom is -0.493 e. The summed E-state index contributed by atoms with van der Waals surface area (Å²) >= 11 is 0. The van der Waals surface area contributed by atoms with E-state index in [0.29, 0.717) is 18.9 Å². The Bertz CT molecular complexity index is 345. The largest absolute Gasteiger partial charge is 0.493 e. The van der Waals surface area contributed by atoms with Gasteiger partial charge in [-0.3, -0.25) is 0 Å². The highest BCUT2D eigenvalue weighted by atomic mass is 16.5. The molecule has 1 heterocycles. The van der Waals surface area contributed by atoms with E-state index in [-0.39, 0.29) is 0 Å². The van der Waals surface area contributed by atoms with Crippen molar-refractivity contribution in [2.75, 3.05) is 19.8 Å². The molecule has 0 amide bonds. The fourth-order valence-corrected chi connectivity index (χ4v) is 2.03. The molecule has 0 bridgehead atoms. The summed E-state index contributed by atoms with van der Waals surface area (Å²) in [5.41, 5.74) is 0.883. The first-order chi connectivity index (χ1) is 8.31. The number of benzene rings is 1. The van der Waals surface area contributed by atoms with Crippen LogP contribution in [0.4, 0.5) is 0 Å². The molecule has 1 aliphatic rings. The molecule has 1 fully saturated rings. The maximum Gasteiger partial charge on any atom is 0.125 e. The predicted octanol–water partition coefficient (Wildman–Crippen LogP) is 2.55. The van der Waals surface area contributed by atoms with Gasteiger partial charge in [0.25, 0.3) is 0 Å². The quantitative estimate of drug-likeness (QED) is 0.854. The summed E-state index contributed by atoms with van der Waals surface area (Å²) in [5, 5.41) is 9.90. The Balaban J connectivity index is 1.98. The number of ether oxygens (including phenoxy) is 2. The van der Waals surface area contributed by atoms with Gasteiger partial charge in [0.15, 0.2) is 0 Å². The molecule has 17 heavy (non-hydrogen) atoms. The molecule has 2 rings (SSSR count).